The van der Waals surface area contributed by atoms with E-state index in [9.17, 15) is 4.79 Å². The Morgan fingerprint density at radius 3 is 2.50 bits per heavy atom. The van der Waals surface area contributed by atoms with Crippen LogP contribution in [0.25, 0.3) is 0 Å². The molecule has 1 N–H and O–H groups in total. The monoisotopic (exact) mass is 161 g/mol. The number of allylic oxidation sites excluding steroid dienone is 1. The number of anilines is 1. The fourth-order valence-electron chi connectivity index (χ4n) is 0.833. The van der Waals surface area contributed by atoms with Gasteiger partial charge in [-0.05, 0) is 25.1 Å². The molecule has 0 heterocycles. The fraction of sp³-hybridized carbons (Fsp3) is 0.100. The van der Waals surface area contributed by atoms with Crippen LogP contribution in [0, 0.1) is 6.92 Å². The average molecular weight is 161 g/mol. The van der Waals surface area contributed by atoms with Crippen LogP contribution in [0.3, 0.4) is 0 Å². The van der Waals surface area contributed by atoms with Crippen LogP contribution in [0.15, 0.2) is 36.5 Å². The van der Waals surface area contributed by atoms with Crippen LogP contribution < -0.4 is 5.32 Å². The quantitative estimate of drug-likeness (QED) is 0.543. The number of carbonyl (C=O) groups excluding carboxylic acids is 1. The third-order valence-corrected chi connectivity index (χ3v) is 1.48. The molecular weight excluding hydrogens is 150 g/mol. The fourth-order valence-corrected chi connectivity index (χ4v) is 0.833. The highest BCUT2D eigenvalue weighted by atomic mass is 16.1. The zero-order valence-electron chi connectivity index (χ0n) is 6.95. The van der Waals surface area contributed by atoms with Gasteiger partial charge in [0.15, 0.2) is 0 Å². The van der Waals surface area contributed by atoms with Gasteiger partial charge in [0.05, 0.1) is 0 Å². The minimum atomic E-state index is 0.737. The molecule has 1 aromatic carbocycles. The topological polar surface area (TPSA) is 29.1 Å². The van der Waals surface area contributed by atoms with Crippen molar-refractivity contribution >= 4 is 12.0 Å². The molecule has 0 saturated heterocycles. The molecule has 0 spiro atoms. The zero-order chi connectivity index (χ0) is 8.81. The van der Waals surface area contributed by atoms with Crippen LogP contribution in [-0.4, -0.2) is 6.29 Å². The minimum Gasteiger partial charge on any atom is -0.362 e. The van der Waals surface area contributed by atoms with Gasteiger partial charge < -0.3 is 5.32 Å². The highest BCUT2D eigenvalue weighted by molar-refractivity contribution is 5.65. The first-order valence-corrected chi connectivity index (χ1v) is 3.76. The molecule has 0 unspecified atom stereocenters. The predicted molar refractivity (Wildman–Crippen MR) is 50.0 cm³/mol. The molecule has 0 aliphatic carbocycles. The summed E-state index contributed by atoms with van der Waals surface area (Å²) in [6.45, 7) is 2.03. The van der Waals surface area contributed by atoms with Crippen LogP contribution in [0.5, 0.6) is 0 Å². The first kappa shape index (κ1) is 8.53. The maximum Gasteiger partial charge on any atom is 0.144 e. The molecule has 0 aliphatic rings. The van der Waals surface area contributed by atoms with Crippen molar-refractivity contribution in [3.05, 3.63) is 42.1 Å². The first-order chi connectivity index (χ1) is 5.83. The summed E-state index contributed by atoms with van der Waals surface area (Å²) in [5.74, 6) is 0. The van der Waals surface area contributed by atoms with Crippen molar-refractivity contribution < 1.29 is 4.79 Å². The van der Waals surface area contributed by atoms with Crippen molar-refractivity contribution in [2.75, 3.05) is 5.32 Å². The van der Waals surface area contributed by atoms with Gasteiger partial charge in [0.2, 0.25) is 0 Å². The van der Waals surface area contributed by atoms with Gasteiger partial charge in [0.25, 0.3) is 0 Å². The molecule has 1 aromatic rings. The largest absolute Gasteiger partial charge is 0.362 e. The second kappa shape index (κ2) is 4.34. The van der Waals surface area contributed by atoms with E-state index >= 15 is 0 Å². The molecule has 0 bridgehead atoms. The highest BCUT2D eigenvalue weighted by Crippen LogP contribution is 2.07. The van der Waals surface area contributed by atoms with Crippen LogP contribution in [0.4, 0.5) is 5.69 Å². The SMILES string of the molecule is Cc1ccc(N/C=C/C=O)cc1. The Kier molecular flexibility index (Phi) is 3.08. The maximum atomic E-state index is 9.92. The first-order valence-electron chi connectivity index (χ1n) is 3.76. The number of aryl methyl sites for hydroxylation is 1. The summed E-state index contributed by atoms with van der Waals surface area (Å²) in [5, 5.41) is 2.96. The van der Waals surface area contributed by atoms with E-state index in [1.165, 1.54) is 11.6 Å². The molecular formula is C10H11NO. The Bertz CT molecular complexity index is 274. The van der Waals surface area contributed by atoms with Crippen molar-refractivity contribution in [2.24, 2.45) is 0 Å². The Labute approximate surface area is 71.9 Å². The van der Waals surface area contributed by atoms with E-state index < -0.39 is 0 Å². The zero-order valence-corrected chi connectivity index (χ0v) is 6.95. The van der Waals surface area contributed by atoms with Gasteiger partial charge in [-0.15, -0.1) is 0 Å². The standard InChI is InChI=1S/C10H11NO/c1-9-3-5-10(6-4-9)11-7-2-8-12/h2-8,11H,1H3/b7-2+. The number of rotatable bonds is 3. The molecule has 0 fully saturated rings. The summed E-state index contributed by atoms with van der Waals surface area (Å²) >= 11 is 0. The molecule has 0 aromatic heterocycles. The smallest absolute Gasteiger partial charge is 0.144 e. The second-order valence-corrected chi connectivity index (χ2v) is 2.51. The molecule has 0 atom stereocenters. The summed E-state index contributed by atoms with van der Waals surface area (Å²) in [6.07, 6.45) is 3.76. The van der Waals surface area contributed by atoms with Crippen LogP contribution in [0.1, 0.15) is 5.56 Å². The van der Waals surface area contributed by atoms with Gasteiger partial charge in [-0.25, -0.2) is 0 Å². The van der Waals surface area contributed by atoms with Crippen molar-refractivity contribution in [1.29, 1.82) is 0 Å². The molecule has 62 valence electrons. The summed E-state index contributed by atoms with van der Waals surface area (Å²) in [5.41, 5.74) is 2.21. The summed E-state index contributed by atoms with van der Waals surface area (Å²) in [7, 11) is 0. The number of aldehydes is 1. The van der Waals surface area contributed by atoms with Crippen LogP contribution >= 0.6 is 0 Å². The van der Waals surface area contributed by atoms with Crippen LogP contribution in [-0.2, 0) is 4.79 Å². The van der Waals surface area contributed by atoms with E-state index in [1.54, 1.807) is 6.20 Å². The maximum absolute atomic E-state index is 9.92. The van der Waals surface area contributed by atoms with Crippen LogP contribution in [0.2, 0.25) is 0 Å². The predicted octanol–water partition coefficient (Wildman–Crippen LogP) is 2.12. The van der Waals surface area contributed by atoms with E-state index in [0.29, 0.717) is 0 Å². The lowest BCUT2D eigenvalue weighted by Gasteiger charge is -1.99. The molecule has 12 heavy (non-hydrogen) atoms. The molecule has 0 amide bonds. The number of benzene rings is 1. The third-order valence-electron chi connectivity index (χ3n) is 1.48. The van der Waals surface area contributed by atoms with E-state index in [0.717, 1.165) is 12.0 Å². The lowest BCUT2D eigenvalue weighted by molar-refractivity contribution is -0.104. The number of carbonyl (C=O) groups is 1. The lowest BCUT2D eigenvalue weighted by atomic mass is 10.2. The van der Waals surface area contributed by atoms with Gasteiger partial charge in [-0.1, -0.05) is 17.7 Å². The molecule has 2 heteroatoms. The van der Waals surface area contributed by atoms with E-state index in [4.69, 9.17) is 0 Å². The molecule has 1 rings (SSSR count). The molecule has 0 aliphatic heterocycles. The Balaban J connectivity index is 2.58. The average Bonchev–Trinajstić information content (AvgIpc) is 2.09. The van der Waals surface area contributed by atoms with Gasteiger partial charge in [-0.2, -0.15) is 0 Å². The lowest BCUT2D eigenvalue weighted by Crippen LogP contribution is -1.86. The molecule has 0 saturated carbocycles. The van der Waals surface area contributed by atoms with Gasteiger partial charge in [-0.3, -0.25) is 4.79 Å². The number of hydrogen-bond donors (Lipinski definition) is 1. The van der Waals surface area contributed by atoms with E-state index in [-0.39, 0.29) is 0 Å². The summed E-state index contributed by atoms with van der Waals surface area (Å²) in [6, 6.07) is 7.95. The van der Waals surface area contributed by atoms with Crippen molar-refractivity contribution in [2.45, 2.75) is 6.92 Å². The second-order valence-electron chi connectivity index (χ2n) is 2.51. The third kappa shape index (κ3) is 2.58. The number of nitrogens with one attached hydrogen (secondary N) is 1. The number of hydrogen-bond acceptors (Lipinski definition) is 2. The summed E-state index contributed by atoms with van der Waals surface area (Å²) < 4.78 is 0. The van der Waals surface area contributed by atoms with Gasteiger partial charge in [0, 0.05) is 11.9 Å². The molecule has 0 radical (unpaired) electrons. The molecule has 2 nitrogen and oxygen atoms in total. The Morgan fingerprint density at radius 2 is 1.92 bits per heavy atom. The summed E-state index contributed by atoms with van der Waals surface area (Å²) in [4.78, 5) is 9.92. The minimum absolute atomic E-state index is 0.737. The van der Waals surface area contributed by atoms with Crippen molar-refractivity contribution in [1.82, 2.24) is 0 Å². The van der Waals surface area contributed by atoms with Gasteiger partial charge >= 0.3 is 0 Å². The van der Waals surface area contributed by atoms with E-state index in [2.05, 4.69) is 5.32 Å². The Hall–Kier alpha value is -1.57. The van der Waals surface area contributed by atoms with Crippen molar-refractivity contribution in [3.63, 3.8) is 0 Å². The Morgan fingerprint density at radius 1 is 1.25 bits per heavy atom. The highest BCUT2D eigenvalue weighted by Gasteiger charge is 1.85. The normalized spacial score (nSPS) is 10.1. The van der Waals surface area contributed by atoms with Crippen molar-refractivity contribution in [3.8, 4) is 0 Å². The van der Waals surface area contributed by atoms with Gasteiger partial charge in [0.1, 0.15) is 6.29 Å². The van der Waals surface area contributed by atoms with E-state index in [1.807, 2.05) is 31.2 Å².